The second-order valence-electron chi connectivity index (χ2n) is 8.85. The van der Waals surface area contributed by atoms with Crippen LogP contribution in [-0.4, -0.2) is 33.4 Å². The van der Waals surface area contributed by atoms with Gasteiger partial charge in [0.2, 0.25) is 0 Å². The second kappa shape index (κ2) is 8.12. The lowest BCUT2D eigenvalue weighted by molar-refractivity contribution is 0.0429. The Morgan fingerprint density at radius 2 is 1.61 bits per heavy atom. The average molecular weight is 466 g/mol. The van der Waals surface area contributed by atoms with Gasteiger partial charge in [0.25, 0.3) is 0 Å². The lowest BCUT2D eigenvalue weighted by atomic mass is 10.2. The summed E-state index contributed by atoms with van der Waals surface area (Å²) in [6.07, 6.45) is -1.82. The van der Waals surface area contributed by atoms with E-state index >= 15 is 0 Å². The Morgan fingerprint density at radius 1 is 1.03 bits per heavy atom. The standard InChI is InChI=1S/C21H24ClN3O5S/c1-11-10-12-16(23-15(24-17(12)31-11)13-8-9-14(22)28-13)25(18(26)29-20(2,3)4)19(27)30-21(5,6)7/h8-10H,1-7H3. The van der Waals surface area contributed by atoms with Crippen LogP contribution in [0, 0.1) is 6.92 Å². The van der Waals surface area contributed by atoms with Crippen molar-refractivity contribution >= 4 is 51.2 Å². The van der Waals surface area contributed by atoms with Crippen LogP contribution in [0.15, 0.2) is 22.6 Å². The highest BCUT2D eigenvalue weighted by molar-refractivity contribution is 7.18. The molecule has 0 aliphatic carbocycles. The van der Waals surface area contributed by atoms with Crippen molar-refractivity contribution in [3.8, 4) is 11.6 Å². The minimum Gasteiger partial charge on any atom is -0.443 e. The molecule has 3 heterocycles. The molecular weight excluding hydrogens is 442 g/mol. The third-order valence-electron chi connectivity index (χ3n) is 3.65. The first kappa shape index (κ1) is 23.0. The average Bonchev–Trinajstić information content (AvgIpc) is 3.16. The Labute approximate surface area is 189 Å². The number of hydrogen-bond donors (Lipinski definition) is 0. The van der Waals surface area contributed by atoms with Gasteiger partial charge >= 0.3 is 12.2 Å². The summed E-state index contributed by atoms with van der Waals surface area (Å²) in [6, 6.07) is 4.97. The lowest BCUT2D eigenvalue weighted by Gasteiger charge is -2.28. The molecule has 10 heteroatoms. The molecule has 0 aliphatic heterocycles. The molecule has 3 aromatic rings. The second-order valence-corrected chi connectivity index (χ2v) is 10.5. The molecule has 0 N–H and O–H groups in total. The molecule has 8 nitrogen and oxygen atoms in total. The number of anilines is 1. The number of aryl methyl sites for hydroxylation is 1. The molecule has 0 spiro atoms. The number of fused-ring (bicyclic) bond motifs is 1. The number of nitrogens with zero attached hydrogens (tertiary/aromatic N) is 3. The van der Waals surface area contributed by atoms with E-state index in [1.807, 2.05) is 6.92 Å². The number of hydrogen-bond acceptors (Lipinski definition) is 8. The van der Waals surface area contributed by atoms with Crippen molar-refractivity contribution in [2.24, 2.45) is 0 Å². The maximum Gasteiger partial charge on any atom is 0.425 e. The predicted molar refractivity (Wildman–Crippen MR) is 120 cm³/mol. The maximum atomic E-state index is 13.1. The number of thiophene rings is 1. The van der Waals surface area contributed by atoms with Crippen molar-refractivity contribution < 1.29 is 23.5 Å². The Hall–Kier alpha value is -2.65. The van der Waals surface area contributed by atoms with Gasteiger partial charge in [-0.1, -0.05) is 0 Å². The van der Waals surface area contributed by atoms with Gasteiger partial charge in [-0.25, -0.2) is 19.6 Å². The molecule has 0 fully saturated rings. The van der Waals surface area contributed by atoms with Crippen LogP contribution in [0.2, 0.25) is 5.22 Å². The van der Waals surface area contributed by atoms with E-state index in [9.17, 15) is 9.59 Å². The number of rotatable bonds is 2. The molecule has 3 aromatic heterocycles. The summed E-state index contributed by atoms with van der Waals surface area (Å²) in [7, 11) is 0. The molecule has 3 rings (SSSR count). The molecule has 0 atom stereocenters. The molecule has 0 saturated carbocycles. The van der Waals surface area contributed by atoms with Gasteiger partial charge in [-0.05, 0) is 78.3 Å². The van der Waals surface area contributed by atoms with Crippen LogP contribution in [0.3, 0.4) is 0 Å². The highest BCUT2D eigenvalue weighted by Crippen LogP contribution is 2.35. The van der Waals surface area contributed by atoms with Crippen molar-refractivity contribution in [2.45, 2.75) is 59.7 Å². The summed E-state index contributed by atoms with van der Waals surface area (Å²) in [5, 5.41) is 0.680. The Bertz CT molecular complexity index is 1110. The first-order valence-corrected chi connectivity index (χ1v) is 10.7. The van der Waals surface area contributed by atoms with Crippen molar-refractivity contribution in [3.05, 3.63) is 28.3 Å². The molecule has 166 valence electrons. The van der Waals surface area contributed by atoms with Gasteiger partial charge in [0.1, 0.15) is 16.0 Å². The number of carbonyl (C=O) groups is 2. The van der Waals surface area contributed by atoms with E-state index < -0.39 is 23.4 Å². The van der Waals surface area contributed by atoms with Crippen molar-refractivity contribution in [1.29, 1.82) is 0 Å². The van der Waals surface area contributed by atoms with E-state index in [-0.39, 0.29) is 16.9 Å². The van der Waals surface area contributed by atoms with E-state index in [2.05, 4.69) is 9.97 Å². The topological polar surface area (TPSA) is 94.8 Å². The zero-order valence-electron chi connectivity index (χ0n) is 18.4. The minimum atomic E-state index is -0.908. The van der Waals surface area contributed by atoms with E-state index in [1.165, 1.54) is 11.3 Å². The molecule has 2 amide bonds. The smallest absolute Gasteiger partial charge is 0.425 e. The largest absolute Gasteiger partial charge is 0.443 e. The van der Waals surface area contributed by atoms with Gasteiger partial charge in [0, 0.05) is 4.88 Å². The quantitative estimate of drug-likeness (QED) is 0.421. The monoisotopic (exact) mass is 465 g/mol. The van der Waals surface area contributed by atoms with Crippen molar-refractivity contribution in [1.82, 2.24) is 9.97 Å². The Balaban J connectivity index is 2.21. The van der Waals surface area contributed by atoms with Crippen LogP contribution in [0.5, 0.6) is 0 Å². The molecule has 0 radical (unpaired) electrons. The summed E-state index contributed by atoms with van der Waals surface area (Å²) >= 11 is 7.30. The van der Waals surface area contributed by atoms with Crippen LogP contribution in [0.4, 0.5) is 15.4 Å². The molecule has 31 heavy (non-hydrogen) atoms. The number of halogens is 1. The minimum absolute atomic E-state index is 0.0420. The summed E-state index contributed by atoms with van der Waals surface area (Å²) in [5.41, 5.74) is -1.68. The number of aromatic nitrogens is 2. The molecule has 0 bridgehead atoms. The van der Waals surface area contributed by atoms with Gasteiger partial charge in [0.15, 0.2) is 22.6 Å². The summed E-state index contributed by atoms with van der Waals surface area (Å²) in [5.74, 6) is 0.515. The highest BCUT2D eigenvalue weighted by Gasteiger charge is 2.35. The summed E-state index contributed by atoms with van der Waals surface area (Å²) in [6.45, 7) is 12.1. The third kappa shape index (κ3) is 5.54. The van der Waals surface area contributed by atoms with Crippen LogP contribution in [-0.2, 0) is 9.47 Å². The van der Waals surface area contributed by atoms with Gasteiger partial charge in [-0.3, -0.25) is 0 Å². The van der Waals surface area contributed by atoms with Crippen LogP contribution < -0.4 is 4.90 Å². The molecule has 0 aromatic carbocycles. The van der Waals surface area contributed by atoms with Gasteiger partial charge < -0.3 is 13.9 Å². The van der Waals surface area contributed by atoms with Gasteiger partial charge in [-0.2, -0.15) is 4.90 Å². The van der Waals surface area contributed by atoms with Crippen LogP contribution in [0.1, 0.15) is 46.4 Å². The number of amides is 2. The fourth-order valence-corrected chi connectivity index (χ4v) is 3.62. The van der Waals surface area contributed by atoms with E-state index in [0.717, 1.165) is 9.78 Å². The highest BCUT2D eigenvalue weighted by atomic mass is 35.5. The molecule has 0 saturated heterocycles. The Kier molecular flexibility index (Phi) is 6.03. The summed E-state index contributed by atoms with van der Waals surface area (Å²) in [4.78, 5) is 37.5. The lowest BCUT2D eigenvalue weighted by Crippen LogP contribution is -2.44. The van der Waals surface area contributed by atoms with E-state index in [0.29, 0.717) is 16.0 Å². The Morgan fingerprint density at radius 3 is 2.10 bits per heavy atom. The fourth-order valence-electron chi connectivity index (χ4n) is 2.60. The van der Waals surface area contributed by atoms with Crippen LogP contribution in [0.25, 0.3) is 21.8 Å². The molecule has 0 unspecified atom stereocenters. The molecule has 0 aliphatic rings. The number of ether oxygens (including phenoxy) is 2. The molecular formula is C21H24ClN3O5S. The van der Waals surface area contributed by atoms with E-state index in [4.69, 9.17) is 25.5 Å². The summed E-state index contributed by atoms with van der Waals surface area (Å²) < 4.78 is 16.4. The SMILES string of the molecule is Cc1cc2c(N(C(=O)OC(C)(C)C)C(=O)OC(C)(C)C)nc(-c3ccc(Cl)o3)nc2s1. The zero-order valence-corrected chi connectivity index (χ0v) is 20.0. The number of furan rings is 1. The normalized spacial score (nSPS) is 12.1. The van der Waals surface area contributed by atoms with Crippen molar-refractivity contribution in [3.63, 3.8) is 0 Å². The van der Waals surface area contributed by atoms with Crippen LogP contribution >= 0.6 is 22.9 Å². The van der Waals surface area contributed by atoms with Gasteiger partial charge in [-0.15, -0.1) is 11.3 Å². The number of carbonyl (C=O) groups excluding carboxylic acids is 2. The first-order valence-electron chi connectivity index (χ1n) is 9.53. The third-order valence-corrected chi connectivity index (χ3v) is 4.80. The maximum absolute atomic E-state index is 13.1. The fraction of sp³-hybridized carbons (Fsp3) is 0.429. The zero-order chi connectivity index (χ0) is 23.1. The first-order chi connectivity index (χ1) is 14.2. The van der Waals surface area contributed by atoms with Crippen molar-refractivity contribution in [2.75, 3.05) is 4.90 Å². The predicted octanol–water partition coefficient (Wildman–Crippen LogP) is 6.59. The van der Waals surface area contributed by atoms with Gasteiger partial charge in [0.05, 0.1) is 5.39 Å². The number of imide groups is 1. The van der Waals surface area contributed by atoms with E-state index in [1.54, 1.807) is 59.7 Å².